The highest BCUT2D eigenvalue weighted by atomic mass is 35.5. The van der Waals surface area contributed by atoms with Gasteiger partial charge in [-0.2, -0.15) is 0 Å². The molecular formula is C37H21Cl2F5N2O8. The molecule has 276 valence electrons. The molecule has 6 atom stereocenters. The van der Waals surface area contributed by atoms with Crippen molar-refractivity contribution in [1.29, 1.82) is 0 Å². The van der Waals surface area contributed by atoms with Crippen molar-refractivity contribution in [3.63, 3.8) is 0 Å². The summed E-state index contributed by atoms with van der Waals surface area (Å²) in [6, 6.07) is 12.3. The van der Waals surface area contributed by atoms with Crippen LogP contribution in [0.5, 0.6) is 11.5 Å². The minimum atomic E-state index is -2.84. The molecule has 3 fully saturated rings. The van der Waals surface area contributed by atoms with Crippen LogP contribution in [0.3, 0.4) is 0 Å². The lowest BCUT2D eigenvalue weighted by Crippen LogP contribution is -2.60. The Morgan fingerprint density at radius 1 is 0.778 bits per heavy atom. The van der Waals surface area contributed by atoms with Gasteiger partial charge in [0.05, 0.1) is 17.5 Å². The average Bonchev–Trinajstić information content (AvgIpc) is 3.48. The van der Waals surface area contributed by atoms with E-state index in [1.54, 1.807) is 18.2 Å². The molecule has 4 amide bonds. The molecule has 4 aliphatic rings. The second kappa shape index (κ2) is 11.7. The van der Waals surface area contributed by atoms with Gasteiger partial charge in [0.2, 0.25) is 17.6 Å². The van der Waals surface area contributed by atoms with Crippen molar-refractivity contribution in [3.8, 4) is 11.5 Å². The number of carboxylic acids is 1. The number of aromatic carboxylic acids is 1. The lowest BCUT2D eigenvalue weighted by atomic mass is 9.56. The topological polar surface area (TPSA) is 153 Å². The predicted octanol–water partition coefficient (Wildman–Crippen LogP) is 6.41. The number of imide groups is 2. The van der Waals surface area contributed by atoms with Crippen LogP contribution in [0.15, 0.2) is 66.2 Å². The lowest BCUT2D eigenvalue weighted by molar-refractivity contribution is -0.125. The number of benzene rings is 4. The van der Waals surface area contributed by atoms with E-state index in [0.29, 0.717) is 10.3 Å². The minimum absolute atomic E-state index is 0.112. The molecule has 0 spiro atoms. The van der Waals surface area contributed by atoms with Crippen LogP contribution in [0.4, 0.5) is 33.3 Å². The maximum atomic E-state index is 15.3. The van der Waals surface area contributed by atoms with Gasteiger partial charge in [-0.25, -0.2) is 36.5 Å². The number of carboxylic acid groups (broad SMARTS) is 1. The molecule has 0 unspecified atom stereocenters. The second-order valence-corrected chi connectivity index (χ2v) is 14.7. The number of halogens is 7. The highest BCUT2D eigenvalue weighted by Gasteiger charge is 2.77. The number of alkyl halides is 2. The number of carbonyl (C=O) groups excluding carboxylic acids is 4. The largest absolute Gasteiger partial charge is 0.507 e. The Labute approximate surface area is 309 Å². The number of carbonyl (C=O) groups is 5. The smallest absolute Gasteiger partial charge is 0.339 e. The minimum Gasteiger partial charge on any atom is -0.507 e. The maximum absolute atomic E-state index is 15.3. The van der Waals surface area contributed by atoms with Crippen molar-refractivity contribution in [3.05, 3.63) is 106 Å². The van der Waals surface area contributed by atoms with E-state index in [-0.39, 0.29) is 33.5 Å². The highest BCUT2D eigenvalue weighted by molar-refractivity contribution is 6.58. The molecular weight excluding hydrogens is 766 g/mol. The zero-order valence-electron chi connectivity index (χ0n) is 26.9. The Bertz CT molecular complexity index is 2470. The second-order valence-electron chi connectivity index (χ2n) is 13.4. The first-order valence-electron chi connectivity index (χ1n) is 16.1. The molecule has 1 saturated carbocycles. The van der Waals surface area contributed by atoms with Crippen LogP contribution >= 0.6 is 23.2 Å². The quantitative estimate of drug-likeness (QED) is 0.0536. The first-order valence-corrected chi connectivity index (χ1v) is 16.9. The molecule has 2 heterocycles. The summed E-state index contributed by atoms with van der Waals surface area (Å²) < 4.78 is 73.7. The molecule has 0 aromatic heterocycles. The molecule has 0 bridgehead atoms. The normalized spacial score (nSPS) is 27.6. The number of phenols is 2. The monoisotopic (exact) mass is 786 g/mol. The summed E-state index contributed by atoms with van der Waals surface area (Å²) in [5.74, 6) is -25.8. The Morgan fingerprint density at radius 2 is 1.43 bits per heavy atom. The Balaban J connectivity index is 1.33. The Kier molecular flexibility index (Phi) is 7.71. The van der Waals surface area contributed by atoms with Gasteiger partial charge in [0.15, 0.2) is 33.0 Å². The molecule has 2 saturated heterocycles. The number of nitrogens with zero attached hydrogens (tertiary/aromatic N) is 2. The molecule has 3 N–H and O–H groups in total. The van der Waals surface area contributed by atoms with Crippen LogP contribution < -0.4 is 9.80 Å². The zero-order chi connectivity index (χ0) is 38.9. The van der Waals surface area contributed by atoms with Crippen molar-refractivity contribution in [2.45, 2.75) is 28.5 Å². The van der Waals surface area contributed by atoms with E-state index in [2.05, 4.69) is 0 Å². The SMILES string of the molecule is O=C(O)c1ccc(N2C(=O)[C@H]3[C@H](CC=C4[C@H]3C[C@@]3(Cl)C(=O)N(c5c(F)c(F)c(F)c(F)c5F)C(=O)[C@@]3(Cl)[C@H]4c3ccc4ccccc4c3O)C2=O)cc1O. The van der Waals surface area contributed by atoms with Crippen LogP contribution in [0.2, 0.25) is 0 Å². The fourth-order valence-electron chi connectivity index (χ4n) is 8.51. The fourth-order valence-corrected chi connectivity index (χ4v) is 9.44. The molecule has 4 aromatic rings. The maximum Gasteiger partial charge on any atom is 0.339 e. The van der Waals surface area contributed by atoms with Crippen LogP contribution in [-0.2, 0) is 19.2 Å². The molecule has 17 heteroatoms. The number of anilines is 2. The third-order valence-electron chi connectivity index (χ3n) is 10.9. The standard InChI is InChI=1S/C37H21Cl2F5N2O8/c38-36-12-20-16(9-10-18-22(20)32(50)45(31(18)49)14-6-8-17(33(51)52)21(47)11-14)23(19-7-5-13-3-1-2-4-15(13)30(19)48)37(36,39)35(54)46(34(36)53)29-27(43)25(41)24(40)26(42)28(29)44/h1-9,11,18,20,22-23,47-48H,10,12H2,(H,51,52)/t18-,20+,22-,23+,36+,37-/m0/s1. The molecule has 8 rings (SSSR count). The van der Waals surface area contributed by atoms with Crippen molar-refractivity contribution < 1.29 is 61.2 Å². The molecule has 2 aliphatic carbocycles. The van der Waals surface area contributed by atoms with Gasteiger partial charge in [0.25, 0.3) is 11.8 Å². The third-order valence-corrected chi connectivity index (χ3v) is 12.3. The van der Waals surface area contributed by atoms with Gasteiger partial charge in [-0.05, 0) is 36.3 Å². The van der Waals surface area contributed by atoms with Crippen molar-refractivity contribution in [1.82, 2.24) is 0 Å². The summed E-state index contributed by atoms with van der Waals surface area (Å²) in [5.41, 5.74) is -2.68. The summed E-state index contributed by atoms with van der Waals surface area (Å²) in [7, 11) is 0. The Hall–Kier alpha value is -5.54. The Morgan fingerprint density at radius 3 is 2.07 bits per heavy atom. The summed E-state index contributed by atoms with van der Waals surface area (Å²) in [6.45, 7) is 0. The number of phenolic OH excluding ortho intramolecular Hbond substituents is 1. The number of fused-ring (bicyclic) bond motifs is 5. The van der Waals surface area contributed by atoms with E-state index in [9.17, 15) is 52.5 Å². The summed E-state index contributed by atoms with van der Waals surface area (Å²) in [5, 5.41) is 32.1. The van der Waals surface area contributed by atoms with E-state index in [1.165, 1.54) is 24.3 Å². The molecule has 0 radical (unpaired) electrons. The van der Waals surface area contributed by atoms with Crippen LogP contribution in [0.25, 0.3) is 10.8 Å². The van der Waals surface area contributed by atoms with Crippen molar-refractivity contribution in [2.75, 3.05) is 9.80 Å². The number of hydrogen-bond acceptors (Lipinski definition) is 7. The molecule has 4 aromatic carbocycles. The highest BCUT2D eigenvalue weighted by Crippen LogP contribution is 2.67. The summed E-state index contributed by atoms with van der Waals surface area (Å²) >= 11 is 14.3. The zero-order valence-corrected chi connectivity index (χ0v) is 28.4. The van der Waals surface area contributed by atoms with Gasteiger partial charge in [-0.3, -0.25) is 19.2 Å². The van der Waals surface area contributed by atoms with Crippen LogP contribution in [0.1, 0.15) is 34.7 Å². The van der Waals surface area contributed by atoms with Crippen molar-refractivity contribution >= 4 is 74.9 Å². The first kappa shape index (κ1) is 35.5. The van der Waals surface area contributed by atoms with Crippen LogP contribution in [-0.4, -0.2) is 54.7 Å². The van der Waals surface area contributed by atoms with E-state index in [4.69, 9.17) is 23.2 Å². The number of rotatable bonds is 4. The molecule has 54 heavy (non-hydrogen) atoms. The lowest BCUT2D eigenvalue weighted by Gasteiger charge is -2.50. The third kappa shape index (κ3) is 4.36. The number of allylic oxidation sites excluding steroid dienone is 2. The molecule has 10 nitrogen and oxygen atoms in total. The van der Waals surface area contributed by atoms with Crippen LogP contribution in [0, 0.1) is 46.8 Å². The van der Waals surface area contributed by atoms with Crippen molar-refractivity contribution in [2.24, 2.45) is 17.8 Å². The number of aromatic hydroxyl groups is 2. The summed E-state index contributed by atoms with van der Waals surface area (Å²) in [6.07, 6.45) is 0.500. The van der Waals surface area contributed by atoms with E-state index in [0.717, 1.165) is 18.2 Å². The molecule has 2 aliphatic heterocycles. The van der Waals surface area contributed by atoms with E-state index < -0.39 is 121 Å². The first-order chi connectivity index (χ1) is 25.5. The van der Waals surface area contributed by atoms with Gasteiger partial charge < -0.3 is 15.3 Å². The van der Waals surface area contributed by atoms with E-state index >= 15 is 8.78 Å². The number of amides is 4. The van der Waals surface area contributed by atoms with Gasteiger partial charge in [0, 0.05) is 22.9 Å². The van der Waals surface area contributed by atoms with Gasteiger partial charge >= 0.3 is 5.97 Å². The summed E-state index contributed by atoms with van der Waals surface area (Å²) in [4.78, 5) is 63.3. The van der Waals surface area contributed by atoms with Gasteiger partial charge in [-0.15, -0.1) is 23.2 Å². The predicted molar refractivity (Wildman–Crippen MR) is 180 cm³/mol. The number of hydrogen-bond donors (Lipinski definition) is 3. The van der Waals surface area contributed by atoms with E-state index in [1.807, 2.05) is 0 Å². The van der Waals surface area contributed by atoms with Gasteiger partial charge in [0.1, 0.15) is 22.7 Å². The van der Waals surface area contributed by atoms with Gasteiger partial charge in [-0.1, -0.05) is 48.0 Å². The fraction of sp³-hybridized carbons (Fsp3) is 0.216. The average molecular weight is 787 g/mol.